The molecule has 43 heavy (non-hydrogen) atoms. The van der Waals surface area contributed by atoms with Crippen LogP contribution in [0.5, 0.6) is 11.5 Å². The fourth-order valence-electron chi connectivity index (χ4n) is 4.41. The van der Waals surface area contributed by atoms with Crippen LogP contribution in [-0.4, -0.2) is 38.7 Å². The zero-order valence-corrected chi connectivity index (χ0v) is 24.6. The Bertz CT molecular complexity index is 1790. The van der Waals surface area contributed by atoms with Crippen molar-refractivity contribution in [1.29, 1.82) is 0 Å². The molecule has 0 aliphatic heterocycles. The van der Waals surface area contributed by atoms with Gasteiger partial charge in [-0.05, 0) is 55.5 Å². The Morgan fingerprint density at radius 1 is 1.00 bits per heavy atom. The number of urea groups is 1. The van der Waals surface area contributed by atoms with Crippen molar-refractivity contribution in [1.82, 2.24) is 24.9 Å². The summed E-state index contributed by atoms with van der Waals surface area (Å²) in [6, 6.07) is 18.6. The van der Waals surface area contributed by atoms with Gasteiger partial charge in [-0.1, -0.05) is 38.5 Å². The van der Waals surface area contributed by atoms with E-state index in [0.29, 0.717) is 22.9 Å². The fraction of sp³-hybridized carbons (Fsp3) is 0.250. The molecule has 10 nitrogen and oxygen atoms in total. The van der Waals surface area contributed by atoms with E-state index in [1.165, 1.54) is 30.0 Å². The molecule has 0 saturated heterocycles. The summed E-state index contributed by atoms with van der Waals surface area (Å²) in [7, 11) is 1.32. The number of carbonyl (C=O) groups is 2. The van der Waals surface area contributed by atoms with Gasteiger partial charge in [0.1, 0.15) is 29.7 Å². The maximum absolute atomic E-state index is 14.2. The third-order valence-corrected chi connectivity index (χ3v) is 6.81. The van der Waals surface area contributed by atoms with Gasteiger partial charge in [0.05, 0.1) is 30.2 Å². The Morgan fingerprint density at radius 3 is 2.49 bits per heavy atom. The van der Waals surface area contributed by atoms with Crippen LogP contribution >= 0.6 is 0 Å². The molecule has 0 radical (unpaired) electrons. The van der Waals surface area contributed by atoms with E-state index in [9.17, 15) is 14.0 Å². The lowest BCUT2D eigenvalue weighted by atomic mass is 9.92. The Kier molecular flexibility index (Phi) is 8.16. The van der Waals surface area contributed by atoms with Crippen molar-refractivity contribution in [2.75, 3.05) is 12.4 Å². The van der Waals surface area contributed by atoms with Gasteiger partial charge < -0.3 is 14.8 Å². The Labute approximate surface area is 248 Å². The first-order valence-corrected chi connectivity index (χ1v) is 13.7. The second-order valence-electron chi connectivity index (χ2n) is 11.2. The van der Waals surface area contributed by atoms with Crippen molar-refractivity contribution in [3.63, 3.8) is 0 Å². The summed E-state index contributed by atoms with van der Waals surface area (Å²) in [6.45, 7) is 8.15. The summed E-state index contributed by atoms with van der Waals surface area (Å²) in [5, 5.41) is 15.4. The van der Waals surface area contributed by atoms with E-state index in [0.717, 1.165) is 27.8 Å². The zero-order valence-electron chi connectivity index (χ0n) is 24.6. The number of anilines is 1. The number of nitrogens with one attached hydrogen (secondary N) is 2. The lowest BCUT2D eigenvalue weighted by Gasteiger charge is -2.14. The number of hydrogen-bond donors (Lipinski definition) is 2. The highest BCUT2D eigenvalue weighted by atomic mass is 19.1. The molecular weight excluding hydrogens is 551 g/mol. The number of rotatable bonds is 8. The molecule has 0 aliphatic carbocycles. The van der Waals surface area contributed by atoms with Crippen molar-refractivity contribution in [3.8, 4) is 17.2 Å². The number of hydrogen-bond acceptors (Lipinski definition) is 6. The molecule has 5 aromatic rings. The van der Waals surface area contributed by atoms with Crippen LogP contribution < -0.4 is 15.4 Å². The molecule has 2 heterocycles. The SMILES string of the molecule is COC(=O)Cn1ncc2cc(Oc3ccc(F)cc3CNC(=O)Nc3cc(C(C)(C)C)nn3-c3ccc(C)cc3)ccc21. The molecule has 0 aliphatic rings. The summed E-state index contributed by atoms with van der Waals surface area (Å²) in [6.07, 6.45) is 1.62. The second-order valence-corrected chi connectivity index (χ2v) is 11.2. The summed E-state index contributed by atoms with van der Waals surface area (Å²) >= 11 is 0. The average molecular weight is 585 g/mol. The van der Waals surface area contributed by atoms with Gasteiger partial charge in [-0.2, -0.15) is 10.2 Å². The van der Waals surface area contributed by atoms with Crippen LogP contribution in [0.3, 0.4) is 0 Å². The normalized spacial score (nSPS) is 11.4. The molecule has 0 saturated carbocycles. The molecule has 2 aromatic heterocycles. The maximum atomic E-state index is 14.2. The summed E-state index contributed by atoms with van der Waals surface area (Å²) in [5.74, 6) is 0.494. The van der Waals surface area contributed by atoms with Gasteiger partial charge >= 0.3 is 12.0 Å². The van der Waals surface area contributed by atoms with Crippen LogP contribution in [0.1, 0.15) is 37.6 Å². The number of aromatic nitrogens is 4. The van der Waals surface area contributed by atoms with Gasteiger partial charge in [0, 0.05) is 29.0 Å². The van der Waals surface area contributed by atoms with Crippen LogP contribution in [0.4, 0.5) is 15.0 Å². The van der Waals surface area contributed by atoms with Crippen LogP contribution in [-0.2, 0) is 28.0 Å². The van der Waals surface area contributed by atoms with E-state index in [2.05, 4.69) is 36.5 Å². The zero-order chi connectivity index (χ0) is 30.7. The largest absolute Gasteiger partial charge is 0.468 e. The van der Waals surface area contributed by atoms with E-state index < -0.39 is 17.8 Å². The summed E-state index contributed by atoms with van der Waals surface area (Å²) in [5.41, 5.74) is 3.68. The number of ether oxygens (including phenoxy) is 2. The fourth-order valence-corrected chi connectivity index (χ4v) is 4.41. The highest BCUT2D eigenvalue weighted by molar-refractivity contribution is 5.88. The minimum absolute atomic E-state index is 0.00301. The number of aryl methyl sites for hydroxylation is 1. The molecule has 2 amide bonds. The van der Waals surface area contributed by atoms with Crippen molar-refractivity contribution < 1.29 is 23.5 Å². The Hall–Kier alpha value is -5.19. The molecule has 0 unspecified atom stereocenters. The third kappa shape index (κ3) is 6.83. The molecule has 3 aromatic carbocycles. The quantitative estimate of drug-likeness (QED) is 0.209. The van der Waals surface area contributed by atoms with E-state index in [1.807, 2.05) is 37.3 Å². The molecule has 0 atom stereocenters. The number of halogens is 1. The standard InChI is InChI=1S/C32H33FN6O4/c1-20-6-9-24(10-7-20)39-29(16-28(37-39)32(2,3)4)36-31(41)34-17-22-14-23(33)8-13-27(22)43-25-11-12-26-21(15-25)18-35-38(26)19-30(40)42-5/h6-16,18H,17,19H2,1-5H3,(H2,34,36,41). The van der Waals surface area contributed by atoms with Crippen molar-refractivity contribution in [2.45, 2.75) is 46.2 Å². The van der Waals surface area contributed by atoms with Gasteiger partial charge in [-0.3, -0.25) is 14.8 Å². The number of fused-ring (bicyclic) bond motifs is 1. The van der Waals surface area contributed by atoms with Gasteiger partial charge in [0.25, 0.3) is 0 Å². The Morgan fingerprint density at radius 2 is 1.77 bits per heavy atom. The number of esters is 1. The van der Waals surface area contributed by atoms with E-state index in [-0.39, 0.29) is 18.5 Å². The lowest BCUT2D eigenvalue weighted by molar-refractivity contribution is -0.141. The lowest BCUT2D eigenvalue weighted by Crippen LogP contribution is -2.29. The van der Waals surface area contributed by atoms with E-state index >= 15 is 0 Å². The smallest absolute Gasteiger partial charge is 0.327 e. The molecule has 5 rings (SSSR count). The number of nitrogens with zero attached hydrogens (tertiary/aromatic N) is 4. The maximum Gasteiger partial charge on any atom is 0.327 e. The monoisotopic (exact) mass is 584 g/mol. The first-order chi connectivity index (χ1) is 20.5. The van der Waals surface area contributed by atoms with Gasteiger partial charge in [-0.25, -0.2) is 13.9 Å². The van der Waals surface area contributed by atoms with Crippen molar-refractivity contribution >= 4 is 28.7 Å². The molecule has 0 bridgehead atoms. The number of carbonyl (C=O) groups excluding carboxylic acids is 2. The molecule has 11 heteroatoms. The number of amides is 2. The van der Waals surface area contributed by atoms with Crippen molar-refractivity contribution in [2.24, 2.45) is 0 Å². The molecule has 0 fully saturated rings. The van der Waals surface area contributed by atoms with Gasteiger partial charge in [-0.15, -0.1) is 0 Å². The van der Waals surface area contributed by atoms with Crippen LogP contribution in [0.2, 0.25) is 0 Å². The topological polar surface area (TPSA) is 112 Å². The highest BCUT2D eigenvalue weighted by Crippen LogP contribution is 2.30. The average Bonchev–Trinajstić information content (AvgIpc) is 3.57. The van der Waals surface area contributed by atoms with Crippen LogP contribution in [0.25, 0.3) is 16.6 Å². The van der Waals surface area contributed by atoms with E-state index in [1.54, 1.807) is 29.1 Å². The molecule has 2 N–H and O–H groups in total. The van der Waals surface area contributed by atoms with Crippen molar-refractivity contribution in [3.05, 3.63) is 95.6 Å². The number of benzene rings is 3. The predicted octanol–water partition coefficient (Wildman–Crippen LogP) is 6.25. The minimum atomic E-state index is -0.483. The highest BCUT2D eigenvalue weighted by Gasteiger charge is 2.22. The van der Waals surface area contributed by atoms with Crippen LogP contribution in [0, 0.1) is 12.7 Å². The molecular formula is C32H33FN6O4. The Balaban J connectivity index is 1.31. The summed E-state index contributed by atoms with van der Waals surface area (Å²) < 4.78 is 28.3. The second kappa shape index (κ2) is 12.0. The molecule has 0 spiro atoms. The minimum Gasteiger partial charge on any atom is -0.468 e. The molecule has 222 valence electrons. The predicted molar refractivity (Wildman–Crippen MR) is 161 cm³/mol. The van der Waals surface area contributed by atoms with Gasteiger partial charge in [0.2, 0.25) is 0 Å². The third-order valence-electron chi connectivity index (χ3n) is 6.81. The first kappa shape index (κ1) is 29.3. The first-order valence-electron chi connectivity index (χ1n) is 13.7. The number of methoxy groups -OCH3 is 1. The van der Waals surface area contributed by atoms with Crippen LogP contribution in [0.15, 0.2) is 72.9 Å². The summed E-state index contributed by atoms with van der Waals surface area (Å²) in [4.78, 5) is 24.7. The van der Waals surface area contributed by atoms with Gasteiger partial charge in [0.15, 0.2) is 0 Å². The van der Waals surface area contributed by atoms with E-state index in [4.69, 9.17) is 14.6 Å².